The number of halogens is 5. The SMILES string of the molecule is [2H]C([2H])([2H])n1cnc(COc2cc(OCC(F)(F)F)c(-c3cccc(Cl)c3Cl)c3ncnc(N)c23)n1. The Morgan fingerprint density at radius 2 is 1.97 bits per heavy atom. The average Bonchev–Trinajstić information content (AvgIpc) is 3.27. The lowest BCUT2D eigenvalue weighted by Gasteiger charge is -2.19. The molecule has 0 saturated heterocycles. The van der Waals surface area contributed by atoms with E-state index in [1.807, 2.05) is 0 Å². The largest absolute Gasteiger partial charge is 0.485 e. The number of rotatable bonds is 6. The highest BCUT2D eigenvalue weighted by molar-refractivity contribution is 6.44. The number of anilines is 1. The van der Waals surface area contributed by atoms with Gasteiger partial charge in [0.25, 0.3) is 0 Å². The van der Waals surface area contributed by atoms with E-state index in [0.717, 1.165) is 12.7 Å². The van der Waals surface area contributed by atoms with Crippen LogP contribution in [-0.2, 0) is 13.6 Å². The van der Waals surface area contributed by atoms with Crippen molar-refractivity contribution in [1.29, 1.82) is 0 Å². The molecule has 0 unspecified atom stereocenters. The number of hydrogen-bond donors (Lipinski definition) is 1. The second-order valence-corrected chi connectivity index (χ2v) is 7.41. The quantitative estimate of drug-likeness (QED) is 0.403. The number of hydrogen-bond acceptors (Lipinski definition) is 7. The molecule has 13 heteroatoms. The predicted octanol–water partition coefficient (Wildman–Crippen LogP) is 4.83. The monoisotopic (exact) mass is 501 g/mol. The maximum atomic E-state index is 13.1. The highest BCUT2D eigenvalue weighted by atomic mass is 35.5. The number of fused-ring (bicyclic) bond motifs is 1. The van der Waals surface area contributed by atoms with Gasteiger partial charge in [-0.1, -0.05) is 35.3 Å². The Labute approximate surface area is 199 Å². The van der Waals surface area contributed by atoms with E-state index in [1.54, 1.807) is 6.07 Å². The first-order chi connectivity index (χ1) is 16.8. The summed E-state index contributed by atoms with van der Waals surface area (Å²) < 4.78 is 72.8. The Morgan fingerprint density at radius 1 is 1.15 bits per heavy atom. The van der Waals surface area contributed by atoms with Crippen molar-refractivity contribution in [2.45, 2.75) is 12.8 Å². The lowest BCUT2D eigenvalue weighted by molar-refractivity contribution is -0.153. The second kappa shape index (κ2) is 8.91. The molecule has 0 fully saturated rings. The summed E-state index contributed by atoms with van der Waals surface area (Å²) >= 11 is 12.5. The Morgan fingerprint density at radius 3 is 2.70 bits per heavy atom. The molecule has 0 spiro atoms. The molecule has 0 aliphatic rings. The van der Waals surface area contributed by atoms with Crippen LogP contribution < -0.4 is 15.2 Å². The molecule has 0 radical (unpaired) electrons. The first-order valence-corrected chi connectivity index (χ1v) is 9.85. The van der Waals surface area contributed by atoms with E-state index < -0.39 is 19.8 Å². The maximum Gasteiger partial charge on any atom is 0.422 e. The topological polar surface area (TPSA) is 101 Å². The van der Waals surface area contributed by atoms with Crippen LogP contribution >= 0.6 is 23.2 Å². The summed E-state index contributed by atoms with van der Waals surface area (Å²) in [7, 11) is 0. The standard InChI is InChI=1S/C20H15Cl2F3N6O2/c1-31-9-29-14(30-31)6-32-13-5-12(33-7-20(23,24)25)15(10-3-2-4-11(21)17(10)22)18-16(13)19(26)28-8-27-18/h2-5,8-9H,6-7H2,1H3,(H2,26,27,28)/i1D3. The number of nitrogen functional groups attached to an aromatic ring is 1. The van der Waals surface area contributed by atoms with Gasteiger partial charge in [0.2, 0.25) is 0 Å². The lowest BCUT2D eigenvalue weighted by atomic mass is 10.00. The fraction of sp³-hybridized carbons (Fsp3) is 0.200. The van der Waals surface area contributed by atoms with Gasteiger partial charge in [-0.3, -0.25) is 4.68 Å². The maximum absolute atomic E-state index is 13.1. The van der Waals surface area contributed by atoms with Crippen LogP contribution in [-0.4, -0.2) is 37.5 Å². The molecular weight excluding hydrogens is 484 g/mol. The summed E-state index contributed by atoms with van der Waals surface area (Å²) in [6, 6.07) is 5.79. The Kier molecular flexibility index (Phi) is 5.18. The van der Waals surface area contributed by atoms with E-state index in [9.17, 15) is 13.2 Å². The molecule has 2 N–H and O–H groups in total. The zero-order valence-corrected chi connectivity index (χ0v) is 17.9. The summed E-state index contributed by atoms with van der Waals surface area (Å²) in [5.74, 6) is -0.363. The van der Waals surface area contributed by atoms with Gasteiger partial charge in [0, 0.05) is 22.7 Å². The number of aromatic nitrogens is 5. The summed E-state index contributed by atoms with van der Waals surface area (Å²) in [5.41, 5.74) is 6.50. The molecule has 4 aromatic rings. The minimum Gasteiger partial charge on any atom is -0.485 e. The molecule has 0 bridgehead atoms. The minimum atomic E-state index is -4.65. The average molecular weight is 502 g/mol. The second-order valence-electron chi connectivity index (χ2n) is 6.63. The van der Waals surface area contributed by atoms with Crippen molar-refractivity contribution in [2.75, 3.05) is 12.3 Å². The van der Waals surface area contributed by atoms with E-state index in [0.29, 0.717) is 4.68 Å². The normalized spacial score (nSPS) is 13.4. The third kappa shape index (κ3) is 4.88. The number of benzene rings is 2. The molecular formula is C20H15Cl2F3N6O2. The number of nitrogens with zero attached hydrogens (tertiary/aromatic N) is 5. The number of ether oxygens (including phenoxy) is 2. The fourth-order valence-electron chi connectivity index (χ4n) is 3.06. The zero-order valence-electron chi connectivity index (χ0n) is 19.4. The van der Waals surface area contributed by atoms with Gasteiger partial charge in [0.05, 0.1) is 26.5 Å². The van der Waals surface area contributed by atoms with Crippen LogP contribution in [0.3, 0.4) is 0 Å². The Hall–Kier alpha value is -3.31. The van der Waals surface area contributed by atoms with Gasteiger partial charge >= 0.3 is 6.18 Å². The molecule has 2 aromatic carbocycles. The molecule has 0 saturated carbocycles. The molecule has 0 amide bonds. The van der Waals surface area contributed by atoms with E-state index in [4.69, 9.17) is 42.5 Å². The Bertz CT molecular complexity index is 1430. The molecule has 33 heavy (non-hydrogen) atoms. The third-order valence-electron chi connectivity index (χ3n) is 4.38. The van der Waals surface area contributed by atoms with Gasteiger partial charge in [-0.15, -0.1) is 0 Å². The van der Waals surface area contributed by atoms with Gasteiger partial charge < -0.3 is 15.2 Å². The van der Waals surface area contributed by atoms with E-state index >= 15 is 0 Å². The zero-order chi connectivity index (χ0) is 26.3. The van der Waals surface area contributed by atoms with Crippen molar-refractivity contribution in [1.82, 2.24) is 24.7 Å². The van der Waals surface area contributed by atoms with E-state index in [-0.39, 0.29) is 61.8 Å². The van der Waals surface area contributed by atoms with Crippen LogP contribution in [0.1, 0.15) is 9.94 Å². The number of nitrogens with two attached hydrogens (primary N) is 1. The molecule has 0 atom stereocenters. The van der Waals surface area contributed by atoms with E-state index in [2.05, 4.69) is 20.1 Å². The summed E-state index contributed by atoms with van der Waals surface area (Å²) in [6.07, 6.45) is -2.53. The molecule has 4 rings (SSSR count). The van der Waals surface area contributed by atoms with Crippen LogP contribution in [0.15, 0.2) is 36.9 Å². The van der Waals surface area contributed by atoms with Crippen LogP contribution in [0.5, 0.6) is 11.5 Å². The fourth-order valence-corrected chi connectivity index (χ4v) is 3.46. The van der Waals surface area contributed by atoms with Crippen LogP contribution in [0, 0.1) is 0 Å². The molecule has 8 nitrogen and oxygen atoms in total. The predicted molar refractivity (Wildman–Crippen MR) is 116 cm³/mol. The summed E-state index contributed by atoms with van der Waals surface area (Å²) in [4.78, 5) is 12.0. The van der Waals surface area contributed by atoms with Gasteiger partial charge in [0.15, 0.2) is 12.4 Å². The molecule has 172 valence electrons. The van der Waals surface area contributed by atoms with Crippen molar-refractivity contribution >= 4 is 39.9 Å². The summed E-state index contributed by atoms with van der Waals surface area (Å²) in [6.45, 7) is -4.51. The van der Waals surface area contributed by atoms with E-state index in [1.165, 1.54) is 18.2 Å². The van der Waals surface area contributed by atoms with Crippen molar-refractivity contribution in [3.05, 3.63) is 52.8 Å². The van der Waals surface area contributed by atoms with Crippen LogP contribution in [0.2, 0.25) is 10.0 Å². The number of alkyl halides is 3. The van der Waals surface area contributed by atoms with Crippen LogP contribution in [0.4, 0.5) is 19.0 Å². The van der Waals surface area contributed by atoms with Crippen molar-refractivity contribution in [3.63, 3.8) is 0 Å². The summed E-state index contributed by atoms with van der Waals surface area (Å²) in [5, 5.41) is 4.18. The van der Waals surface area contributed by atoms with Crippen LogP contribution in [0.25, 0.3) is 22.0 Å². The van der Waals surface area contributed by atoms with Gasteiger partial charge in [0.1, 0.15) is 36.6 Å². The van der Waals surface area contributed by atoms with Gasteiger partial charge in [-0.05, 0) is 6.07 Å². The molecule has 0 aliphatic heterocycles. The smallest absolute Gasteiger partial charge is 0.422 e. The molecule has 2 aromatic heterocycles. The Balaban J connectivity index is 1.86. The van der Waals surface area contributed by atoms with Crippen molar-refractivity contribution in [3.8, 4) is 22.6 Å². The highest BCUT2D eigenvalue weighted by Crippen LogP contribution is 2.46. The molecule has 2 heterocycles. The first-order valence-electron chi connectivity index (χ1n) is 10.6. The number of aryl methyl sites for hydroxylation is 1. The van der Waals surface area contributed by atoms with Crippen molar-refractivity contribution < 1.29 is 26.8 Å². The van der Waals surface area contributed by atoms with Gasteiger partial charge in [-0.25, -0.2) is 15.0 Å². The van der Waals surface area contributed by atoms with Crippen molar-refractivity contribution in [2.24, 2.45) is 6.98 Å². The molecule has 0 aliphatic carbocycles. The minimum absolute atomic E-state index is 0.00517. The third-order valence-corrected chi connectivity index (χ3v) is 5.20. The lowest BCUT2D eigenvalue weighted by Crippen LogP contribution is -2.19. The van der Waals surface area contributed by atoms with Gasteiger partial charge in [-0.2, -0.15) is 18.3 Å². The first kappa shape index (κ1) is 19.2. The highest BCUT2D eigenvalue weighted by Gasteiger charge is 2.30.